The maximum Gasteiger partial charge on any atom is 0.255 e. The molecule has 10 heteroatoms. The first-order chi connectivity index (χ1) is 13.0. The summed E-state index contributed by atoms with van der Waals surface area (Å²) in [5, 5.41) is 2.75. The maximum absolute atomic E-state index is 12.7. The smallest absolute Gasteiger partial charge is 0.255 e. The van der Waals surface area contributed by atoms with E-state index in [2.05, 4.69) is 5.32 Å². The highest BCUT2D eigenvalue weighted by atomic mass is 35.5. The van der Waals surface area contributed by atoms with Gasteiger partial charge in [-0.15, -0.1) is 0 Å². The van der Waals surface area contributed by atoms with Crippen LogP contribution in [0.1, 0.15) is 24.2 Å². The molecule has 0 fully saturated rings. The molecule has 1 N–H and O–H groups in total. The van der Waals surface area contributed by atoms with Crippen molar-refractivity contribution in [1.82, 2.24) is 4.31 Å². The number of hydrogen-bond acceptors (Lipinski definition) is 5. The third-order valence-corrected chi connectivity index (χ3v) is 7.58. The number of sulfone groups is 1. The van der Waals surface area contributed by atoms with E-state index < -0.39 is 25.8 Å². The molecule has 0 unspecified atom stereocenters. The van der Waals surface area contributed by atoms with Crippen LogP contribution in [-0.2, 0) is 19.9 Å². The molecule has 1 amide bonds. The summed E-state index contributed by atoms with van der Waals surface area (Å²) in [4.78, 5) is 12.6. The highest BCUT2D eigenvalue weighted by Crippen LogP contribution is 2.27. The summed E-state index contributed by atoms with van der Waals surface area (Å²) in [6, 6.07) is 9.48. The highest BCUT2D eigenvalue weighted by Gasteiger charge is 2.23. The Kier molecular flexibility index (Phi) is 6.87. The monoisotopic (exact) mass is 444 g/mol. The number of benzene rings is 2. The molecule has 28 heavy (non-hydrogen) atoms. The number of carbonyl (C=O) groups is 1. The molecule has 0 aliphatic carbocycles. The van der Waals surface area contributed by atoms with Crippen LogP contribution >= 0.6 is 11.6 Å². The number of sulfonamides is 1. The number of rotatable bonds is 7. The van der Waals surface area contributed by atoms with Gasteiger partial charge in [-0.25, -0.2) is 16.8 Å². The second kappa shape index (κ2) is 8.60. The number of hydrogen-bond donors (Lipinski definition) is 1. The summed E-state index contributed by atoms with van der Waals surface area (Å²) >= 11 is 6.11. The first-order valence-electron chi connectivity index (χ1n) is 8.41. The van der Waals surface area contributed by atoms with Crippen LogP contribution in [-0.4, -0.2) is 46.4 Å². The predicted molar refractivity (Wildman–Crippen MR) is 109 cm³/mol. The molecule has 0 saturated carbocycles. The average Bonchev–Trinajstić information content (AvgIpc) is 2.63. The van der Waals surface area contributed by atoms with Crippen molar-refractivity contribution < 1.29 is 21.6 Å². The van der Waals surface area contributed by atoms with Gasteiger partial charge in [0, 0.05) is 24.9 Å². The maximum atomic E-state index is 12.7. The minimum atomic E-state index is -3.71. The van der Waals surface area contributed by atoms with E-state index in [9.17, 15) is 21.6 Å². The number of carbonyl (C=O) groups excluding carboxylic acids is 1. The summed E-state index contributed by atoms with van der Waals surface area (Å²) in [6.45, 7) is 4.10. The average molecular weight is 445 g/mol. The van der Waals surface area contributed by atoms with Gasteiger partial charge in [0.05, 0.1) is 20.5 Å². The van der Waals surface area contributed by atoms with Crippen molar-refractivity contribution in [3.63, 3.8) is 0 Å². The van der Waals surface area contributed by atoms with Crippen molar-refractivity contribution >= 4 is 43.1 Å². The van der Waals surface area contributed by atoms with Crippen LogP contribution in [0, 0.1) is 0 Å². The second-order valence-electron chi connectivity index (χ2n) is 5.98. The summed E-state index contributed by atoms with van der Waals surface area (Å²) in [6.07, 6.45) is 1.07. The van der Waals surface area contributed by atoms with Gasteiger partial charge in [0.25, 0.3) is 5.91 Å². The van der Waals surface area contributed by atoms with Crippen LogP contribution in [0.5, 0.6) is 0 Å². The zero-order chi connectivity index (χ0) is 21.1. The fourth-order valence-corrected chi connectivity index (χ4v) is 4.80. The molecule has 7 nitrogen and oxygen atoms in total. The van der Waals surface area contributed by atoms with E-state index >= 15 is 0 Å². The van der Waals surface area contributed by atoms with Gasteiger partial charge in [-0.3, -0.25) is 4.79 Å². The molecular weight excluding hydrogens is 424 g/mol. The van der Waals surface area contributed by atoms with Gasteiger partial charge in [0.1, 0.15) is 0 Å². The molecule has 0 aliphatic heterocycles. The fraction of sp³-hybridized carbons (Fsp3) is 0.278. The Morgan fingerprint density at radius 1 is 0.964 bits per heavy atom. The Hall–Kier alpha value is -1.94. The van der Waals surface area contributed by atoms with Crippen LogP contribution in [0.2, 0.25) is 5.02 Å². The Bertz CT molecular complexity index is 1080. The Morgan fingerprint density at radius 3 is 2.00 bits per heavy atom. The molecular formula is C18H21ClN2O5S2. The summed E-state index contributed by atoms with van der Waals surface area (Å²) in [5.41, 5.74) is 0.354. The summed E-state index contributed by atoms with van der Waals surface area (Å²) in [7, 11) is -7.08. The molecule has 0 radical (unpaired) electrons. The van der Waals surface area contributed by atoms with Gasteiger partial charge in [0.15, 0.2) is 9.84 Å². The first kappa shape index (κ1) is 22.4. The lowest BCUT2D eigenvalue weighted by atomic mass is 10.2. The van der Waals surface area contributed by atoms with Gasteiger partial charge in [-0.1, -0.05) is 25.4 Å². The fourth-order valence-electron chi connectivity index (χ4n) is 2.52. The SMILES string of the molecule is CCN(CC)S(=O)(=O)c1ccc(Cl)c(NC(=O)c2ccc(S(C)(=O)=O)cc2)c1. The summed E-state index contributed by atoms with van der Waals surface area (Å²) in [5.74, 6) is -0.542. The lowest BCUT2D eigenvalue weighted by Crippen LogP contribution is -2.30. The van der Waals surface area contributed by atoms with E-state index in [1.54, 1.807) is 13.8 Å². The standard InChI is InChI=1S/C18H21ClN2O5S2/c1-4-21(5-2)28(25,26)15-10-11-16(19)17(12-15)20-18(22)13-6-8-14(9-7-13)27(3,23)24/h6-12H,4-5H2,1-3H3,(H,20,22). The van der Waals surface area contributed by atoms with Crippen molar-refractivity contribution in [3.8, 4) is 0 Å². The quantitative estimate of drug-likeness (QED) is 0.707. The molecule has 0 atom stereocenters. The topological polar surface area (TPSA) is 101 Å². The zero-order valence-corrected chi connectivity index (χ0v) is 18.0. The van der Waals surface area contributed by atoms with E-state index in [4.69, 9.17) is 11.6 Å². The normalized spacial score (nSPS) is 12.2. The minimum Gasteiger partial charge on any atom is -0.321 e. The number of anilines is 1. The van der Waals surface area contributed by atoms with E-state index in [1.165, 1.54) is 46.8 Å². The van der Waals surface area contributed by atoms with E-state index in [-0.39, 0.29) is 26.1 Å². The van der Waals surface area contributed by atoms with Crippen LogP contribution in [0.25, 0.3) is 0 Å². The third-order valence-electron chi connectivity index (χ3n) is 4.07. The lowest BCUT2D eigenvalue weighted by Gasteiger charge is -2.19. The second-order valence-corrected chi connectivity index (χ2v) is 10.3. The van der Waals surface area contributed by atoms with E-state index in [0.29, 0.717) is 13.1 Å². The lowest BCUT2D eigenvalue weighted by molar-refractivity contribution is 0.102. The van der Waals surface area contributed by atoms with Gasteiger partial charge in [-0.05, 0) is 42.5 Å². The molecule has 0 aromatic heterocycles. The van der Waals surface area contributed by atoms with E-state index in [1.807, 2.05) is 0 Å². The molecule has 0 aliphatic rings. The summed E-state index contributed by atoms with van der Waals surface area (Å²) < 4.78 is 49.6. The van der Waals surface area contributed by atoms with E-state index in [0.717, 1.165) is 6.26 Å². The van der Waals surface area contributed by atoms with Crippen LogP contribution in [0.4, 0.5) is 5.69 Å². The van der Waals surface area contributed by atoms with Crippen LogP contribution in [0.3, 0.4) is 0 Å². The molecule has 2 aromatic rings. The van der Waals surface area contributed by atoms with Crippen molar-refractivity contribution in [2.75, 3.05) is 24.7 Å². The largest absolute Gasteiger partial charge is 0.321 e. The number of halogens is 1. The minimum absolute atomic E-state index is 0.0170. The van der Waals surface area contributed by atoms with Crippen molar-refractivity contribution in [2.24, 2.45) is 0 Å². The molecule has 0 spiro atoms. The zero-order valence-electron chi connectivity index (χ0n) is 15.6. The Balaban J connectivity index is 2.32. The molecule has 152 valence electrons. The van der Waals surface area contributed by atoms with Gasteiger partial charge in [0.2, 0.25) is 10.0 Å². The number of nitrogens with one attached hydrogen (secondary N) is 1. The number of amides is 1. The van der Waals surface area contributed by atoms with Crippen LogP contribution in [0.15, 0.2) is 52.3 Å². The van der Waals surface area contributed by atoms with Crippen molar-refractivity contribution in [1.29, 1.82) is 0 Å². The van der Waals surface area contributed by atoms with Gasteiger partial charge < -0.3 is 5.32 Å². The first-order valence-corrected chi connectivity index (χ1v) is 12.1. The van der Waals surface area contributed by atoms with Crippen molar-refractivity contribution in [2.45, 2.75) is 23.6 Å². The third kappa shape index (κ3) is 4.91. The molecule has 0 saturated heterocycles. The van der Waals surface area contributed by atoms with Gasteiger partial charge >= 0.3 is 0 Å². The van der Waals surface area contributed by atoms with Crippen LogP contribution < -0.4 is 5.32 Å². The molecule has 2 aromatic carbocycles. The molecule has 2 rings (SSSR count). The van der Waals surface area contributed by atoms with Gasteiger partial charge in [-0.2, -0.15) is 4.31 Å². The Labute approximate surface area is 170 Å². The molecule has 0 heterocycles. The Morgan fingerprint density at radius 2 is 1.50 bits per heavy atom. The molecule has 0 bridgehead atoms. The highest BCUT2D eigenvalue weighted by molar-refractivity contribution is 7.90. The number of nitrogens with zero attached hydrogens (tertiary/aromatic N) is 1. The predicted octanol–water partition coefficient (Wildman–Crippen LogP) is 3.03. The van der Waals surface area contributed by atoms with Crippen molar-refractivity contribution in [3.05, 3.63) is 53.1 Å².